The van der Waals surface area contributed by atoms with Crippen LogP contribution >= 0.6 is 22.9 Å². The van der Waals surface area contributed by atoms with Crippen molar-refractivity contribution < 1.29 is 23.7 Å². The van der Waals surface area contributed by atoms with Crippen molar-refractivity contribution in [2.24, 2.45) is 5.10 Å². The maximum absolute atomic E-state index is 12.6. The van der Waals surface area contributed by atoms with Gasteiger partial charge in [-0.1, -0.05) is 60.1 Å². The predicted molar refractivity (Wildman–Crippen MR) is 178 cm³/mol. The maximum atomic E-state index is 12.6. The molecule has 1 heterocycles. The smallest absolute Gasteiger partial charge is 0.271 e. The van der Waals surface area contributed by atoms with Crippen molar-refractivity contribution in [1.82, 2.24) is 10.4 Å². The molecule has 1 aromatic heterocycles. The van der Waals surface area contributed by atoms with E-state index in [1.807, 2.05) is 79.9 Å². The Balaban J connectivity index is 1.21. The zero-order chi connectivity index (χ0) is 31.6. The minimum Gasteiger partial charge on any atom is -0.493 e. The molecule has 0 aliphatic rings. The van der Waals surface area contributed by atoms with E-state index in [0.29, 0.717) is 52.4 Å². The monoisotopic (exact) mass is 641 g/mol. The summed E-state index contributed by atoms with van der Waals surface area (Å²) < 4.78 is 23.4. The maximum Gasteiger partial charge on any atom is 0.271 e. The number of hydrogen-bond acceptors (Lipinski definition) is 8. The molecular weight excluding hydrogens is 610 g/mol. The first-order valence-electron chi connectivity index (χ1n) is 14.2. The quantitative estimate of drug-likeness (QED) is 0.103. The summed E-state index contributed by atoms with van der Waals surface area (Å²) in [4.78, 5) is 17.1. The fourth-order valence-corrected chi connectivity index (χ4v) is 5.29. The number of hydrogen-bond donors (Lipinski definition) is 1. The summed E-state index contributed by atoms with van der Waals surface area (Å²) in [6.07, 6.45) is 1.50. The molecule has 0 fully saturated rings. The van der Waals surface area contributed by atoms with Crippen LogP contribution in [0.1, 0.15) is 39.0 Å². The summed E-state index contributed by atoms with van der Waals surface area (Å²) in [6, 6.07) is 26.2. The molecular formula is C35H32ClN3O5S. The third-order valence-electron chi connectivity index (χ3n) is 6.62. The molecule has 10 heteroatoms. The highest BCUT2D eigenvalue weighted by molar-refractivity contribution is 7.09. The number of rotatable bonds is 13. The summed E-state index contributed by atoms with van der Waals surface area (Å²) in [6.45, 7) is 4.89. The molecule has 230 valence electrons. The number of methoxy groups -OCH3 is 1. The van der Waals surface area contributed by atoms with Gasteiger partial charge < -0.3 is 18.9 Å². The Hall–Kier alpha value is -4.86. The zero-order valence-corrected chi connectivity index (χ0v) is 26.7. The topological polar surface area (TPSA) is 91.3 Å². The Bertz CT molecular complexity index is 1770. The van der Waals surface area contributed by atoms with Gasteiger partial charge in [-0.25, -0.2) is 10.4 Å². The van der Waals surface area contributed by atoms with E-state index in [-0.39, 0.29) is 12.5 Å². The summed E-state index contributed by atoms with van der Waals surface area (Å²) >= 11 is 8.20. The van der Waals surface area contributed by atoms with E-state index < -0.39 is 0 Å². The number of thiazole rings is 1. The molecule has 5 aromatic rings. The van der Waals surface area contributed by atoms with Crippen LogP contribution in [0, 0.1) is 6.92 Å². The molecule has 4 aromatic carbocycles. The van der Waals surface area contributed by atoms with E-state index in [0.717, 1.165) is 27.4 Å². The highest BCUT2D eigenvalue weighted by Gasteiger charge is 2.14. The first-order chi connectivity index (χ1) is 21.9. The lowest BCUT2D eigenvalue weighted by Crippen LogP contribution is -2.17. The van der Waals surface area contributed by atoms with Crippen LogP contribution in [0.3, 0.4) is 0 Å². The van der Waals surface area contributed by atoms with Gasteiger partial charge in [0.25, 0.3) is 5.91 Å². The van der Waals surface area contributed by atoms with Crippen molar-refractivity contribution in [2.75, 3.05) is 13.7 Å². The first kappa shape index (κ1) is 31.6. The normalized spacial score (nSPS) is 10.9. The van der Waals surface area contributed by atoms with Gasteiger partial charge in [0.15, 0.2) is 23.0 Å². The molecule has 0 radical (unpaired) electrons. The number of nitrogens with zero attached hydrogens (tertiary/aromatic N) is 2. The number of carbonyl (C=O) groups excluding carboxylic acids is 1. The second-order valence-electron chi connectivity index (χ2n) is 9.84. The Morgan fingerprint density at radius 3 is 2.40 bits per heavy atom. The average Bonchev–Trinajstić information content (AvgIpc) is 3.50. The minimum atomic E-state index is -0.338. The van der Waals surface area contributed by atoms with Crippen LogP contribution in [0.25, 0.3) is 11.3 Å². The highest BCUT2D eigenvalue weighted by atomic mass is 35.5. The molecule has 0 aliphatic heterocycles. The van der Waals surface area contributed by atoms with E-state index in [9.17, 15) is 4.79 Å². The third-order valence-corrected chi connectivity index (χ3v) is 7.68. The van der Waals surface area contributed by atoms with Gasteiger partial charge in [-0.15, -0.1) is 11.3 Å². The molecule has 0 bridgehead atoms. The zero-order valence-electron chi connectivity index (χ0n) is 25.1. The number of hydrazone groups is 1. The molecule has 0 spiro atoms. The van der Waals surface area contributed by atoms with E-state index in [1.165, 1.54) is 6.21 Å². The van der Waals surface area contributed by atoms with Gasteiger partial charge in [-0.2, -0.15) is 5.10 Å². The number of amides is 1. The lowest BCUT2D eigenvalue weighted by Gasteiger charge is -2.16. The Labute approximate surface area is 271 Å². The van der Waals surface area contributed by atoms with Gasteiger partial charge in [0.2, 0.25) is 0 Å². The van der Waals surface area contributed by atoms with E-state index in [1.54, 1.807) is 42.7 Å². The summed E-state index contributed by atoms with van der Waals surface area (Å²) in [7, 11) is 1.60. The SMILES string of the molecule is CCOc1cc(/C=N/NC(=O)c2ccc(-c3csc(C)n3)cc2)cc(Cl)c1OCc1ccc(OCc2ccccc2)c(OC)c1. The fourth-order valence-electron chi connectivity index (χ4n) is 4.40. The van der Waals surface area contributed by atoms with Crippen LogP contribution in [-0.4, -0.2) is 30.8 Å². The molecule has 45 heavy (non-hydrogen) atoms. The number of halogens is 1. The predicted octanol–water partition coefficient (Wildman–Crippen LogP) is 8.10. The molecule has 8 nitrogen and oxygen atoms in total. The van der Waals surface area contributed by atoms with Crippen LogP contribution in [-0.2, 0) is 13.2 Å². The molecule has 1 amide bonds. The lowest BCUT2D eigenvalue weighted by molar-refractivity contribution is 0.0955. The van der Waals surface area contributed by atoms with Crippen LogP contribution in [0.5, 0.6) is 23.0 Å². The van der Waals surface area contributed by atoms with Crippen LogP contribution in [0.4, 0.5) is 0 Å². The van der Waals surface area contributed by atoms with Gasteiger partial charge in [-0.3, -0.25) is 4.79 Å². The summed E-state index contributed by atoms with van der Waals surface area (Å²) in [5.74, 6) is 1.76. The van der Waals surface area contributed by atoms with E-state index >= 15 is 0 Å². The average molecular weight is 642 g/mol. The third kappa shape index (κ3) is 8.41. The molecule has 1 N–H and O–H groups in total. The van der Waals surface area contributed by atoms with Gasteiger partial charge >= 0.3 is 0 Å². The van der Waals surface area contributed by atoms with Crippen molar-refractivity contribution in [3.63, 3.8) is 0 Å². The van der Waals surface area contributed by atoms with Crippen molar-refractivity contribution in [3.05, 3.63) is 123 Å². The fraction of sp³-hybridized carbons (Fsp3) is 0.171. The number of carbonyl (C=O) groups is 1. The first-order valence-corrected chi connectivity index (χ1v) is 15.5. The number of nitrogens with one attached hydrogen (secondary N) is 1. The summed E-state index contributed by atoms with van der Waals surface area (Å²) in [5, 5.41) is 7.44. The molecule has 0 aliphatic carbocycles. The molecule has 0 saturated heterocycles. The summed E-state index contributed by atoms with van der Waals surface area (Å²) in [5.41, 5.74) is 7.43. The largest absolute Gasteiger partial charge is 0.493 e. The van der Waals surface area contributed by atoms with Gasteiger partial charge in [0.1, 0.15) is 13.2 Å². The minimum absolute atomic E-state index is 0.222. The lowest BCUT2D eigenvalue weighted by atomic mass is 10.1. The van der Waals surface area contributed by atoms with Gasteiger partial charge in [0, 0.05) is 16.5 Å². The van der Waals surface area contributed by atoms with Gasteiger partial charge in [-0.05, 0) is 66.9 Å². The highest BCUT2D eigenvalue weighted by Crippen LogP contribution is 2.37. The molecule has 0 atom stereocenters. The van der Waals surface area contributed by atoms with E-state index in [2.05, 4.69) is 15.5 Å². The van der Waals surface area contributed by atoms with E-state index in [4.69, 9.17) is 30.5 Å². The number of aryl methyl sites for hydroxylation is 1. The number of aromatic nitrogens is 1. The van der Waals surface area contributed by atoms with Gasteiger partial charge in [0.05, 0.1) is 35.7 Å². The Morgan fingerprint density at radius 1 is 0.911 bits per heavy atom. The second-order valence-corrected chi connectivity index (χ2v) is 11.3. The number of ether oxygens (including phenoxy) is 4. The second kappa shape index (κ2) is 15.2. The van der Waals surface area contributed by atoms with Crippen molar-refractivity contribution in [1.29, 1.82) is 0 Å². The standard InChI is InChI=1S/C35H32ClN3O5S/c1-4-42-33-18-26(19-37-39-35(40)28-13-11-27(12-14-28)30-22-45-23(2)38-30)16-29(36)34(33)44-21-25-10-15-31(32(17-25)41-3)43-20-24-8-6-5-7-9-24/h5-19,22H,4,20-21H2,1-3H3,(H,39,40)/b37-19+. The van der Waals surface area contributed by atoms with Crippen LogP contribution in [0.15, 0.2) is 95.4 Å². The van der Waals surface area contributed by atoms with Crippen molar-refractivity contribution >= 4 is 35.1 Å². The molecule has 0 saturated carbocycles. The van der Waals surface area contributed by atoms with Crippen LogP contribution < -0.4 is 24.4 Å². The van der Waals surface area contributed by atoms with Crippen molar-refractivity contribution in [3.8, 4) is 34.3 Å². The Kier molecular flexibility index (Phi) is 10.7. The number of benzene rings is 4. The molecule has 0 unspecified atom stereocenters. The van der Waals surface area contributed by atoms with Crippen LogP contribution in [0.2, 0.25) is 5.02 Å². The Morgan fingerprint density at radius 2 is 1.69 bits per heavy atom. The van der Waals surface area contributed by atoms with Crippen molar-refractivity contribution in [2.45, 2.75) is 27.1 Å². The molecule has 5 rings (SSSR count).